The fourth-order valence-electron chi connectivity index (χ4n) is 3.20. The largest absolute Gasteiger partial charge is 0.326 e. The number of hydrogen-bond acceptors (Lipinski definition) is 2. The van der Waals surface area contributed by atoms with E-state index in [0.717, 1.165) is 18.8 Å². The number of hydrogen-bond donors (Lipinski definition) is 1. The Balaban J connectivity index is 2.74. The quantitative estimate of drug-likeness (QED) is 0.728. The number of likely N-dealkylation sites (N-methyl/N-ethyl adjacent to an activating group) is 1. The standard InChI is InChI=1S/C14H28N2/c1-5-6-9-13(15)14(16(3)4)10-7-8-12(2)11-14/h5,12-13H,1,6-11,15H2,2-4H3. The first-order valence-electron chi connectivity index (χ1n) is 6.57. The molecule has 0 spiro atoms. The van der Waals surface area contributed by atoms with Crippen LogP contribution in [0.4, 0.5) is 0 Å². The molecule has 1 saturated carbocycles. The predicted octanol–water partition coefficient (Wildman–Crippen LogP) is 2.79. The van der Waals surface area contributed by atoms with Crippen LogP contribution in [-0.2, 0) is 0 Å². The van der Waals surface area contributed by atoms with Gasteiger partial charge in [-0.15, -0.1) is 6.58 Å². The van der Waals surface area contributed by atoms with E-state index in [2.05, 4.69) is 32.5 Å². The van der Waals surface area contributed by atoms with E-state index in [-0.39, 0.29) is 11.6 Å². The Bertz CT molecular complexity index is 225. The third-order valence-electron chi connectivity index (χ3n) is 4.27. The van der Waals surface area contributed by atoms with Gasteiger partial charge in [-0.2, -0.15) is 0 Å². The van der Waals surface area contributed by atoms with E-state index >= 15 is 0 Å². The minimum Gasteiger partial charge on any atom is -0.326 e. The van der Waals surface area contributed by atoms with Gasteiger partial charge in [-0.25, -0.2) is 0 Å². The molecular formula is C14H28N2. The van der Waals surface area contributed by atoms with E-state index in [1.807, 2.05) is 6.08 Å². The molecule has 1 fully saturated rings. The maximum atomic E-state index is 6.44. The Hall–Kier alpha value is -0.340. The van der Waals surface area contributed by atoms with E-state index < -0.39 is 0 Å². The Morgan fingerprint density at radius 3 is 2.75 bits per heavy atom. The lowest BCUT2D eigenvalue weighted by Gasteiger charge is -2.49. The van der Waals surface area contributed by atoms with Crippen molar-refractivity contribution in [3.8, 4) is 0 Å². The van der Waals surface area contributed by atoms with Crippen LogP contribution in [0.3, 0.4) is 0 Å². The molecule has 3 unspecified atom stereocenters. The highest BCUT2D eigenvalue weighted by Gasteiger charge is 2.41. The lowest BCUT2D eigenvalue weighted by molar-refractivity contribution is 0.0480. The molecule has 0 radical (unpaired) electrons. The zero-order valence-electron chi connectivity index (χ0n) is 11.2. The van der Waals surface area contributed by atoms with E-state index in [9.17, 15) is 0 Å². The Kier molecular flexibility index (Phi) is 5.00. The minimum absolute atomic E-state index is 0.223. The molecule has 1 aliphatic rings. The lowest BCUT2D eigenvalue weighted by Crippen LogP contribution is -2.59. The van der Waals surface area contributed by atoms with Crippen molar-refractivity contribution < 1.29 is 0 Å². The molecule has 0 amide bonds. The number of allylic oxidation sites excluding steroid dienone is 1. The van der Waals surface area contributed by atoms with Crippen LogP contribution in [0.5, 0.6) is 0 Å². The van der Waals surface area contributed by atoms with Crippen LogP contribution in [0.15, 0.2) is 12.7 Å². The summed E-state index contributed by atoms with van der Waals surface area (Å²) in [5.41, 5.74) is 6.67. The summed E-state index contributed by atoms with van der Waals surface area (Å²) in [4.78, 5) is 2.37. The summed E-state index contributed by atoms with van der Waals surface area (Å²) < 4.78 is 0. The van der Waals surface area contributed by atoms with Crippen molar-refractivity contribution in [2.75, 3.05) is 14.1 Å². The normalized spacial score (nSPS) is 32.7. The molecule has 2 heteroatoms. The number of nitrogens with two attached hydrogens (primary N) is 1. The van der Waals surface area contributed by atoms with Gasteiger partial charge in [0.2, 0.25) is 0 Å². The molecule has 0 aromatic rings. The average molecular weight is 224 g/mol. The van der Waals surface area contributed by atoms with Crippen LogP contribution in [0.2, 0.25) is 0 Å². The number of nitrogens with zero attached hydrogens (tertiary/aromatic N) is 1. The van der Waals surface area contributed by atoms with Crippen molar-refractivity contribution in [1.82, 2.24) is 4.90 Å². The van der Waals surface area contributed by atoms with E-state index in [1.54, 1.807) is 0 Å². The maximum absolute atomic E-state index is 6.44. The van der Waals surface area contributed by atoms with Crippen molar-refractivity contribution in [3.05, 3.63) is 12.7 Å². The highest BCUT2D eigenvalue weighted by atomic mass is 15.2. The molecule has 0 saturated heterocycles. The van der Waals surface area contributed by atoms with Crippen molar-refractivity contribution in [3.63, 3.8) is 0 Å². The molecule has 94 valence electrons. The van der Waals surface area contributed by atoms with Crippen molar-refractivity contribution in [2.24, 2.45) is 11.7 Å². The third-order valence-corrected chi connectivity index (χ3v) is 4.27. The van der Waals surface area contributed by atoms with Crippen LogP contribution in [0.1, 0.15) is 45.4 Å². The second kappa shape index (κ2) is 5.83. The summed E-state index contributed by atoms with van der Waals surface area (Å²) in [5, 5.41) is 0. The Morgan fingerprint density at radius 1 is 1.56 bits per heavy atom. The van der Waals surface area contributed by atoms with E-state index in [4.69, 9.17) is 5.73 Å². The first kappa shape index (κ1) is 13.7. The summed E-state index contributed by atoms with van der Waals surface area (Å²) in [6.07, 6.45) is 9.26. The Labute approximate surface area is 101 Å². The molecule has 0 bridgehead atoms. The lowest BCUT2D eigenvalue weighted by atomic mass is 9.70. The summed E-state index contributed by atoms with van der Waals surface area (Å²) in [7, 11) is 4.37. The molecule has 0 heterocycles. The smallest absolute Gasteiger partial charge is 0.0356 e. The maximum Gasteiger partial charge on any atom is 0.0356 e. The average Bonchev–Trinajstić information content (AvgIpc) is 2.25. The fraction of sp³-hybridized carbons (Fsp3) is 0.857. The van der Waals surface area contributed by atoms with E-state index in [0.29, 0.717) is 0 Å². The first-order valence-corrected chi connectivity index (χ1v) is 6.57. The van der Waals surface area contributed by atoms with Crippen LogP contribution < -0.4 is 5.73 Å². The molecule has 1 aliphatic carbocycles. The third kappa shape index (κ3) is 2.86. The van der Waals surface area contributed by atoms with Crippen LogP contribution in [0, 0.1) is 5.92 Å². The molecule has 0 aliphatic heterocycles. The summed E-state index contributed by atoms with van der Waals surface area (Å²) in [6.45, 7) is 6.15. The van der Waals surface area contributed by atoms with Gasteiger partial charge in [-0.3, -0.25) is 0 Å². The van der Waals surface area contributed by atoms with Crippen LogP contribution >= 0.6 is 0 Å². The van der Waals surface area contributed by atoms with Crippen molar-refractivity contribution in [1.29, 1.82) is 0 Å². The van der Waals surface area contributed by atoms with Crippen molar-refractivity contribution >= 4 is 0 Å². The minimum atomic E-state index is 0.223. The molecule has 2 N–H and O–H groups in total. The molecule has 0 aromatic heterocycles. The van der Waals surface area contributed by atoms with Gasteiger partial charge in [0.15, 0.2) is 0 Å². The SMILES string of the molecule is C=CCCC(N)C1(N(C)C)CCCC(C)C1. The van der Waals surface area contributed by atoms with Gasteiger partial charge < -0.3 is 10.6 Å². The summed E-state index contributed by atoms with van der Waals surface area (Å²) >= 11 is 0. The summed E-state index contributed by atoms with van der Waals surface area (Å²) in [6, 6.07) is 0.281. The molecule has 3 atom stereocenters. The molecule has 16 heavy (non-hydrogen) atoms. The van der Waals surface area contributed by atoms with Gasteiger partial charge in [0.1, 0.15) is 0 Å². The van der Waals surface area contributed by atoms with Crippen LogP contribution in [0.25, 0.3) is 0 Å². The van der Waals surface area contributed by atoms with Gasteiger partial charge in [0.05, 0.1) is 0 Å². The van der Waals surface area contributed by atoms with E-state index in [1.165, 1.54) is 25.7 Å². The second-order valence-corrected chi connectivity index (χ2v) is 5.67. The molecule has 1 rings (SSSR count). The topological polar surface area (TPSA) is 29.3 Å². The van der Waals surface area contributed by atoms with Gasteiger partial charge in [-0.05, 0) is 45.7 Å². The molecular weight excluding hydrogens is 196 g/mol. The predicted molar refractivity (Wildman–Crippen MR) is 71.5 cm³/mol. The second-order valence-electron chi connectivity index (χ2n) is 5.67. The number of rotatable bonds is 5. The Morgan fingerprint density at radius 2 is 2.25 bits per heavy atom. The van der Waals surface area contributed by atoms with Gasteiger partial charge in [0, 0.05) is 11.6 Å². The van der Waals surface area contributed by atoms with Crippen LogP contribution in [-0.4, -0.2) is 30.6 Å². The molecule has 2 nitrogen and oxygen atoms in total. The van der Waals surface area contributed by atoms with Crippen molar-refractivity contribution in [2.45, 2.75) is 57.0 Å². The van der Waals surface area contributed by atoms with Gasteiger partial charge >= 0.3 is 0 Å². The fourth-order valence-corrected chi connectivity index (χ4v) is 3.20. The zero-order valence-corrected chi connectivity index (χ0v) is 11.2. The molecule has 0 aromatic carbocycles. The van der Waals surface area contributed by atoms with Gasteiger partial charge in [0.25, 0.3) is 0 Å². The first-order chi connectivity index (χ1) is 7.53. The summed E-state index contributed by atoms with van der Waals surface area (Å²) in [5.74, 6) is 0.811. The van der Waals surface area contributed by atoms with Gasteiger partial charge in [-0.1, -0.05) is 25.8 Å². The highest BCUT2D eigenvalue weighted by Crippen LogP contribution is 2.38. The monoisotopic (exact) mass is 224 g/mol. The highest BCUT2D eigenvalue weighted by molar-refractivity contribution is 5.00. The zero-order chi connectivity index (χ0) is 12.2.